The molecule has 0 aromatic carbocycles. The van der Waals surface area contributed by atoms with Gasteiger partial charge in [0.05, 0.1) is 34.5 Å². The first-order chi connectivity index (χ1) is 14.1. The van der Waals surface area contributed by atoms with Crippen molar-refractivity contribution in [3.05, 3.63) is 57.1 Å². The lowest BCUT2D eigenvalue weighted by molar-refractivity contribution is 0.0963. The van der Waals surface area contributed by atoms with E-state index in [1.807, 2.05) is 6.92 Å². The number of rotatable bonds is 4. The quantitative estimate of drug-likeness (QED) is 0.528. The zero-order valence-electron chi connectivity index (χ0n) is 16.0. The number of pyridine rings is 3. The minimum absolute atomic E-state index is 0.0503. The normalized spacial score (nSPS) is 16.8. The molecule has 0 radical (unpaired) electrons. The summed E-state index contributed by atoms with van der Waals surface area (Å²) < 4.78 is 8.64. The fourth-order valence-electron chi connectivity index (χ4n) is 3.72. The van der Waals surface area contributed by atoms with Crippen LogP contribution < -0.4 is 11.1 Å². The number of aromatic amines is 1. The minimum Gasteiger partial charge on any atom is -0.376 e. The molecule has 5 heterocycles. The SMILES string of the molecule is CCc1nc(-n2ccc3nc4ccn(CC5CCCO5)c(=O)c4cc3c2=O)n[nH]1. The molecular weight excluding hydrogens is 372 g/mol. The van der Waals surface area contributed by atoms with E-state index in [0.717, 1.165) is 19.4 Å². The summed E-state index contributed by atoms with van der Waals surface area (Å²) in [6, 6.07) is 5.16. The molecule has 0 amide bonds. The molecule has 5 rings (SSSR count). The highest BCUT2D eigenvalue weighted by atomic mass is 16.5. The van der Waals surface area contributed by atoms with Gasteiger partial charge in [0.25, 0.3) is 17.1 Å². The average molecular weight is 392 g/mol. The van der Waals surface area contributed by atoms with Crippen molar-refractivity contribution in [3.8, 4) is 5.95 Å². The van der Waals surface area contributed by atoms with Crippen molar-refractivity contribution in [2.75, 3.05) is 6.61 Å². The standard InChI is InChI=1S/C20H20N6O3/c1-2-17-22-20(24-23-17)26-8-6-16-14(19(26)28)10-13-15(21-16)5-7-25(18(13)27)11-12-4-3-9-29-12/h5-8,10,12H,2-4,9,11H2,1H3,(H,22,23,24). The van der Waals surface area contributed by atoms with Crippen LogP contribution >= 0.6 is 0 Å². The summed E-state index contributed by atoms with van der Waals surface area (Å²) in [7, 11) is 0. The average Bonchev–Trinajstić information content (AvgIpc) is 3.42. The van der Waals surface area contributed by atoms with Crippen molar-refractivity contribution >= 4 is 21.8 Å². The van der Waals surface area contributed by atoms with E-state index >= 15 is 0 Å². The Balaban J connectivity index is 1.65. The molecule has 0 bridgehead atoms. The molecule has 1 aliphatic rings. The lowest BCUT2D eigenvalue weighted by atomic mass is 10.2. The lowest BCUT2D eigenvalue weighted by Crippen LogP contribution is -2.26. The van der Waals surface area contributed by atoms with Crippen LogP contribution in [0.1, 0.15) is 25.6 Å². The van der Waals surface area contributed by atoms with Crippen LogP contribution in [-0.2, 0) is 17.7 Å². The monoisotopic (exact) mass is 392 g/mol. The molecule has 1 aliphatic heterocycles. The van der Waals surface area contributed by atoms with Crippen LogP contribution in [0.5, 0.6) is 0 Å². The van der Waals surface area contributed by atoms with Gasteiger partial charge in [0.2, 0.25) is 0 Å². The molecular formula is C20H20N6O3. The molecule has 4 aromatic rings. The van der Waals surface area contributed by atoms with Gasteiger partial charge in [-0.2, -0.15) is 4.98 Å². The summed E-state index contributed by atoms with van der Waals surface area (Å²) in [5.74, 6) is 0.971. The van der Waals surface area contributed by atoms with Crippen LogP contribution in [0.3, 0.4) is 0 Å². The molecule has 29 heavy (non-hydrogen) atoms. The summed E-state index contributed by atoms with van der Waals surface area (Å²) in [4.78, 5) is 34.9. The van der Waals surface area contributed by atoms with Crippen LogP contribution in [0.25, 0.3) is 27.8 Å². The third-order valence-corrected chi connectivity index (χ3v) is 5.31. The minimum atomic E-state index is -0.313. The smallest absolute Gasteiger partial charge is 0.267 e. The Bertz CT molecular complexity index is 1330. The largest absolute Gasteiger partial charge is 0.376 e. The van der Waals surface area contributed by atoms with Crippen molar-refractivity contribution < 1.29 is 4.74 Å². The predicted octanol–water partition coefficient (Wildman–Crippen LogP) is 1.56. The van der Waals surface area contributed by atoms with Crippen molar-refractivity contribution in [1.82, 2.24) is 29.3 Å². The van der Waals surface area contributed by atoms with E-state index in [-0.39, 0.29) is 23.2 Å². The van der Waals surface area contributed by atoms with E-state index in [0.29, 0.717) is 40.6 Å². The van der Waals surface area contributed by atoms with Gasteiger partial charge in [-0.3, -0.25) is 14.7 Å². The third kappa shape index (κ3) is 3.03. The van der Waals surface area contributed by atoms with Crippen LogP contribution in [-0.4, -0.2) is 42.0 Å². The van der Waals surface area contributed by atoms with E-state index < -0.39 is 0 Å². The molecule has 1 atom stereocenters. The molecule has 9 heteroatoms. The number of H-pyrrole nitrogens is 1. The second-order valence-corrected chi connectivity index (χ2v) is 7.19. The number of hydrogen-bond acceptors (Lipinski definition) is 6. The molecule has 9 nitrogen and oxygen atoms in total. The Labute approximate surface area is 165 Å². The Hall–Kier alpha value is -3.33. The maximum Gasteiger partial charge on any atom is 0.267 e. The van der Waals surface area contributed by atoms with Gasteiger partial charge in [-0.1, -0.05) is 6.92 Å². The first-order valence-corrected chi connectivity index (χ1v) is 9.73. The van der Waals surface area contributed by atoms with Crippen LogP contribution in [0.2, 0.25) is 0 Å². The van der Waals surface area contributed by atoms with Crippen LogP contribution in [0, 0.1) is 0 Å². The zero-order chi connectivity index (χ0) is 20.0. The van der Waals surface area contributed by atoms with Crippen molar-refractivity contribution in [2.45, 2.75) is 38.8 Å². The number of nitrogens with one attached hydrogen (secondary N) is 1. The first kappa shape index (κ1) is 17.7. The highest BCUT2D eigenvalue weighted by Crippen LogP contribution is 2.17. The third-order valence-electron chi connectivity index (χ3n) is 5.31. The highest BCUT2D eigenvalue weighted by molar-refractivity contribution is 5.91. The van der Waals surface area contributed by atoms with E-state index in [9.17, 15) is 9.59 Å². The van der Waals surface area contributed by atoms with Gasteiger partial charge in [0, 0.05) is 25.4 Å². The van der Waals surface area contributed by atoms with Gasteiger partial charge < -0.3 is 9.30 Å². The van der Waals surface area contributed by atoms with E-state index in [4.69, 9.17) is 4.74 Å². The number of nitrogens with zero attached hydrogens (tertiary/aromatic N) is 5. The number of hydrogen-bond donors (Lipinski definition) is 1. The first-order valence-electron chi connectivity index (χ1n) is 9.73. The van der Waals surface area contributed by atoms with Crippen molar-refractivity contribution in [3.63, 3.8) is 0 Å². The van der Waals surface area contributed by atoms with E-state index in [1.165, 1.54) is 4.57 Å². The Morgan fingerprint density at radius 2 is 1.93 bits per heavy atom. The molecule has 4 aromatic heterocycles. The topological polar surface area (TPSA) is 108 Å². The number of aromatic nitrogens is 6. The van der Waals surface area contributed by atoms with Crippen LogP contribution in [0.15, 0.2) is 40.2 Å². The molecule has 0 saturated carbocycles. The molecule has 1 fully saturated rings. The van der Waals surface area contributed by atoms with E-state index in [1.54, 1.807) is 35.2 Å². The fourth-order valence-corrected chi connectivity index (χ4v) is 3.72. The summed E-state index contributed by atoms with van der Waals surface area (Å²) >= 11 is 0. The molecule has 0 aliphatic carbocycles. The maximum atomic E-state index is 13.0. The lowest BCUT2D eigenvalue weighted by Gasteiger charge is -2.12. The highest BCUT2D eigenvalue weighted by Gasteiger charge is 2.18. The van der Waals surface area contributed by atoms with Gasteiger partial charge in [-0.15, -0.1) is 5.10 Å². The van der Waals surface area contributed by atoms with Gasteiger partial charge in [-0.25, -0.2) is 9.55 Å². The molecule has 148 valence electrons. The maximum absolute atomic E-state index is 13.0. The second-order valence-electron chi connectivity index (χ2n) is 7.19. The number of aryl methyl sites for hydroxylation is 1. The Morgan fingerprint density at radius 1 is 1.14 bits per heavy atom. The molecule has 1 N–H and O–H groups in total. The number of ether oxygens (including phenoxy) is 1. The Kier molecular flexibility index (Phi) is 4.24. The van der Waals surface area contributed by atoms with Crippen molar-refractivity contribution in [1.29, 1.82) is 0 Å². The molecule has 1 unspecified atom stereocenters. The van der Waals surface area contributed by atoms with Crippen LogP contribution in [0.4, 0.5) is 0 Å². The predicted molar refractivity (Wildman–Crippen MR) is 107 cm³/mol. The number of fused-ring (bicyclic) bond motifs is 2. The Morgan fingerprint density at radius 3 is 2.66 bits per heavy atom. The van der Waals surface area contributed by atoms with Gasteiger partial charge in [0.15, 0.2) is 0 Å². The summed E-state index contributed by atoms with van der Waals surface area (Å²) in [6.45, 7) is 3.19. The fraction of sp³-hybridized carbons (Fsp3) is 0.350. The van der Waals surface area contributed by atoms with E-state index in [2.05, 4.69) is 20.2 Å². The van der Waals surface area contributed by atoms with Gasteiger partial charge in [-0.05, 0) is 31.0 Å². The van der Waals surface area contributed by atoms with Gasteiger partial charge in [0.1, 0.15) is 5.82 Å². The molecule has 0 spiro atoms. The summed E-state index contributed by atoms with van der Waals surface area (Å²) in [5.41, 5.74) is 0.608. The summed E-state index contributed by atoms with van der Waals surface area (Å²) in [5, 5.41) is 7.68. The van der Waals surface area contributed by atoms with Crippen molar-refractivity contribution in [2.24, 2.45) is 0 Å². The van der Waals surface area contributed by atoms with Gasteiger partial charge >= 0.3 is 0 Å². The molecule has 1 saturated heterocycles. The second kappa shape index (κ2) is 6.93. The summed E-state index contributed by atoms with van der Waals surface area (Å²) in [6.07, 6.45) is 6.04. The zero-order valence-corrected chi connectivity index (χ0v) is 16.0.